The van der Waals surface area contributed by atoms with Crippen LogP contribution in [0.1, 0.15) is 20.3 Å². The van der Waals surface area contributed by atoms with E-state index in [0.29, 0.717) is 18.0 Å². The highest BCUT2D eigenvalue weighted by Gasteiger charge is 2.28. The molecule has 1 aliphatic heterocycles. The molecule has 1 saturated heterocycles. The van der Waals surface area contributed by atoms with E-state index >= 15 is 0 Å². The first-order chi connectivity index (χ1) is 8.06. The SMILES string of the molecule is CC1CN(C)C(C)CC1Nc1cccc(I)c1. The molecule has 3 atom stereocenters. The van der Waals surface area contributed by atoms with Crippen LogP contribution >= 0.6 is 22.6 Å². The first-order valence-electron chi connectivity index (χ1n) is 6.28. The van der Waals surface area contributed by atoms with Crippen LogP contribution in [-0.4, -0.2) is 30.6 Å². The van der Waals surface area contributed by atoms with Crippen LogP contribution in [0.3, 0.4) is 0 Å². The summed E-state index contributed by atoms with van der Waals surface area (Å²) in [5.41, 5.74) is 1.26. The molecule has 1 fully saturated rings. The minimum atomic E-state index is 0.597. The fraction of sp³-hybridized carbons (Fsp3) is 0.571. The van der Waals surface area contributed by atoms with E-state index in [9.17, 15) is 0 Å². The summed E-state index contributed by atoms with van der Waals surface area (Å²) >= 11 is 2.36. The number of benzene rings is 1. The molecule has 0 aliphatic carbocycles. The molecule has 1 aromatic carbocycles. The summed E-state index contributed by atoms with van der Waals surface area (Å²) in [6.45, 7) is 5.84. The van der Waals surface area contributed by atoms with Crippen molar-refractivity contribution < 1.29 is 0 Å². The summed E-state index contributed by atoms with van der Waals surface area (Å²) in [7, 11) is 2.23. The van der Waals surface area contributed by atoms with Crippen molar-refractivity contribution in [1.82, 2.24) is 4.90 Å². The molecule has 0 amide bonds. The molecule has 0 spiro atoms. The molecule has 1 heterocycles. The van der Waals surface area contributed by atoms with Crippen LogP contribution in [0.4, 0.5) is 5.69 Å². The lowest BCUT2D eigenvalue weighted by atomic mass is 9.89. The number of piperidine rings is 1. The molecular weight excluding hydrogens is 323 g/mol. The van der Waals surface area contributed by atoms with E-state index in [0.717, 1.165) is 0 Å². The Morgan fingerprint density at radius 3 is 2.82 bits per heavy atom. The minimum absolute atomic E-state index is 0.597. The predicted molar refractivity (Wildman–Crippen MR) is 82.4 cm³/mol. The van der Waals surface area contributed by atoms with Crippen LogP contribution in [0, 0.1) is 9.49 Å². The van der Waals surface area contributed by atoms with Gasteiger partial charge < -0.3 is 10.2 Å². The normalized spacial score (nSPS) is 30.2. The largest absolute Gasteiger partial charge is 0.382 e. The Morgan fingerprint density at radius 2 is 2.12 bits per heavy atom. The van der Waals surface area contributed by atoms with Gasteiger partial charge in [0.25, 0.3) is 0 Å². The number of halogens is 1. The maximum Gasteiger partial charge on any atom is 0.0353 e. The monoisotopic (exact) mass is 344 g/mol. The number of nitrogens with zero attached hydrogens (tertiary/aromatic N) is 1. The van der Waals surface area contributed by atoms with Crippen LogP contribution < -0.4 is 5.32 Å². The van der Waals surface area contributed by atoms with Gasteiger partial charge in [-0.25, -0.2) is 0 Å². The van der Waals surface area contributed by atoms with E-state index in [1.165, 1.54) is 22.2 Å². The average Bonchev–Trinajstić information content (AvgIpc) is 2.26. The van der Waals surface area contributed by atoms with Gasteiger partial charge in [-0.05, 0) is 67.1 Å². The topological polar surface area (TPSA) is 15.3 Å². The van der Waals surface area contributed by atoms with Crippen LogP contribution in [0.25, 0.3) is 0 Å². The Labute approximate surface area is 118 Å². The van der Waals surface area contributed by atoms with Crippen molar-refractivity contribution >= 4 is 28.3 Å². The van der Waals surface area contributed by atoms with Crippen molar-refractivity contribution in [3.05, 3.63) is 27.8 Å². The smallest absolute Gasteiger partial charge is 0.0353 e. The Hall–Kier alpha value is -0.290. The van der Waals surface area contributed by atoms with Gasteiger partial charge in [-0.15, -0.1) is 0 Å². The molecular formula is C14H21IN2. The maximum absolute atomic E-state index is 3.69. The van der Waals surface area contributed by atoms with Crippen molar-refractivity contribution in [3.8, 4) is 0 Å². The first kappa shape index (κ1) is 13.1. The molecule has 2 nitrogen and oxygen atoms in total. The molecule has 0 bridgehead atoms. The van der Waals surface area contributed by atoms with E-state index in [1.807, 2.05) is 0 Å². The second-order valence-electron chi connectivity index (χ2n) is 5.26. The van der Waals surface area contributed by atoms with Gasteiger partial charge in [-0.1, -0.05) is 13.0 Å². The Bertz CT molecular complexity index is 380. The summed E-state index contributed by atoms with van der Waals surface area (Å²) in [6.07, 6.45) is 1.23. The summed E-state index contributed by atoms with van der Waals surface area (Å²) in [6, 6.07) is 9.90. The lowest BCUT2D eigenvalue weighted by molar-refractivity contribution is 0.145. The zero-order chi connectivity index (χ0) is 12.4. The quantitative estimate of drug-likeness (QED) is 0.827. The molecule has 0 radical (unpaired) electrons. The van der Waals surface area contributed by atoms with Gasteiger partial charge in [0.15, 0.2) is 0 Å². The highest BCUT2D eigenvalue weighted by atomic mass is 127. The average molecular weight is 344 g/mol. The molecule has 0 aromatic heterocycles. The van der Waals surface area contributed by atoms with Gasteiger partial charge in [0.2, 0.25) is 0 Å². The van der Waals surface area contributed by atoms with Crippen molar-refractivity contribution in [2.24, 2.45) is 5.92 Å². The highest BCUT2D eigenvalue weighted by Crippen LogP contribution is 2.24. The highest BCUT2D eigenvalue weighted by molar-refractivity contribution is 14.1. The Morgan fingerprint density at radius 1 is 1.35 bits per heavy atom. The molecule has 3 unspecified atom stereocenters. The van der Waals surface area contributed by atoms with Gasteiger partial charge in [-0.2, -0.15) is 0 Å². The minimum Gasteiger partial charge on any atom is -0.382 e. The summed E-state index contributed by atoms with van der Waals surface area (Å²) < 4.78 is 1.29. The van der Waals surface area contributed by atoms with Crippen LogP contribution in [0.5, 0.6) is 0 Å². The van der Waals surface area contributed by atoms with Crippen LogP contribution in [-0.2, 0) is 0 Å². The van der Waals surface area contributed by atoms with Gasteiger partial charge in [0.05, 0.1) is 0 Å². The van der Waals surface area contributed by atoms with E-state index in [1.54, 1.807) is 0 Å². The summed E-state index contributed by atoms with van der Waals surface area (Å²) in [5, 5.41) is 3.69. The lowest BCUT2D eigenvalue weighted by Crippen LogP contribution is -2.48. The van der Waals surface area contributed by atoms with Crippen molar-refractivity contribution in [2.45, 2.75) is 32.4 Å². The predicted octanol–water partition coefficient (Wildman–Crippen LogP) is 3.43. The van der Waals surface area contributed by atoms with E-state index in [-0.39, 0.29) is 0 Å². The van der Waals surface area contributed by atoms with E-state index in [4.69, 9.17) is 0 Å². The second-order valence-corrected chi connectivity index (χ2v) is 6.51. The maximum atomic E-state index is 3.69. The molecule has 2 rings (SSSR count). The van der Waals surface area contributed by atoms with Crippen molar-refractivity contribution in [1.29, 1.82) is 0 Å². The molecule has 1 N–H and O–H groups in total. The van der Waals surface area contributed by atoms with Crippen molar-refractivity contribution in [2.75, 3.05) is 18.9 Å². The second kappa shape index (κ2) is 5.57. The van der Waals surface area contributed by atoms with Gasteiger partial charge in [-0.3, -0.25) is 0 Å². The number of hydrogen-bond donors (Lipinski definition) is 1. The number of rotatable bonds is 2. The molecule has 1 aliphatic rings. The third-order valence-corrected chi connectivity index (χ3v) is 4.46. The summed E-state index contributed by atoms with van der Waals surface area (Å²) in [4.78, 5) is 2.46. The number of nitrogens with one attached hydrogen (secondary N) is 1. The number of likely N-dealkylation sites (tertiary alicyclic amines) is 1. The van der Waals surface area contributed by atoms with Crippen molar-refractivity contribution in [3.63, 3.8) is 0 Å². The van der Waals surface area contributed by atoms with Gasteiger partial charge in [0, 0.05) is 27.9 Å². The molecule has 17 heavy (non-hydrogen) atoms. The fourth-order valence-corrected chi connectivity index (χ4v) is 3.08. The van der Waals surface area contributed by atoms with Gasteiger partial charge >= 0.3 is 0 Å². The Balaban J connectivity index is 2.03. The number of hydrogen-bond acceptors (Lipinski definition) is 2. The lowest BCUT2D eigenvalue weighted by Gasteiger charge is -2.40. The molecule has 1 aromatic rings. The van der Waals surface area contributed by atoms with E-state index < -0.39 is 0 Å². The fourth-order valence-electron chi connectivity index (χ4n) is 2.53. The zero-order valence-electron chi connectivity index (χ0n) is 10.8. The van der Waals surface area contributed by atoms with Gasteiger partial charge in [0.1, 0.15) is 0 Å². The third kappa shape index (κ3) is 3.35. The summed E-state index contributed by atoms with van der Waals surface area (Å²) in [5.74, 6) is 0.703. The first-order valence-corrected chi connectivity index (χ1v) is 7.36. The van der Waals surface area contributed by atoms with Crippen LogP contribution in [0.2, 0.25) is 0 Å². The standard InChI is InChI=1S/C14H21IN2/c1-10-9-17(3)11(2)7-14(10)16-13-6-4-5-12(15)8-13/h4-6,8,10-11,14,16H,7,9H2,1-3H3. The molecule has 3 heteroatoms. The number of anilines is 1. The zero-order valence-corrected chi connectivity index (χ0v) is 12.9. The van der Waals surface area contributed by atoms with E-state index in [2.05, 4.69) is 78.0 Å². The van der Waals surface area contributed by atoms with Crippen LogP contribution in [0.15, 0.2) is 24.3 Å². The Kier molecular flexibility index (Phi) is 4.31. The molecule has 0 saturated carbocycles. The third-order valence-electron chi connectivity index (χ3n) is 3.79. The molecule has 94 valence electrons.